The van der Waals surface area contributed by atoms with Crippen LogP contribution in [0.3, 0.4) is 0 Å². The van der Waals surface area contributed by atoms with E-state index in [9.17, 15) is 0 Å². The van der Waals surface area contributed by atoms with E-state index >= 15 is 0 Å². The molecule has 1 aliphatic carbocycles. The SMILES string of the molecule is CC1CCCC(COc2cnc(C(N)=S)cn2)C1. The van der Waals surface area contributed by atoms with E-state index in [2.05, 4.69) is 16.9 Å². The Balaban J connectivity index is 1.84. The van der Waals surface area contributed by atoms with Gasteiger partial charge in [0.1, 0.15) is 10.7 Å². The number of thiocarbonyl (C=S) groups is 1. The molecule has 1 saturated carbocycles. The summed E-state index contributed by atoms with van der Waals surface area (Å²) in [4.78, 5) is 8.51. The molecule has 2 atom stereocenters. The summed E-state index contributed by atoms with van der Waals surface area (Å²) in [5.41, 5.74) is 5.99. The Morgan fingerprint density at radius 3 is 2.89 bits per heavy atom. The van der Waals surface area contributed by atoms with Crippen LogP contribution in [0.4, 0.5) is 0 Å². The van der Waals surface area contributed by atoms with Crippen molar-refractivity contribution in [2.45, 2.75) is 32.6 Å². The van der Waals surface area contributed by atoms with Gasteiger partial charge in [-0.25, -0.2) is 9.97 Å². The molecule has 0 aromatic carbocycles. The molecule has 2 N–H and O–H groups in total. The van der Waals surface area contributed by atoms with Crippen molar-refractivity contribution in [1.82, 2.24) is 9.97 Å². The number of aromatic nitrogens is 2. The molecule has 0 radical (unpaired) electrons. The van der Waals surface area contributed by atoms with Gasteiger partial charge >= 0.3 is 0 Å². The summed E-state index contributed by atoms with van der Waals surface area (Å²) in [7, 11) is 0. The van der Waals surface area contributed by atoms with Crippen LogP contribution in [-0.2, 0) is 0 Å². The molecule has 98 valence electrons. The first-order valence-corrected chi connectivity index (χ1v) is 6.80. The average Bonchev–Trinajstić information content (AvgIpc) is 2.37. The Labute approximate surface area is 113 Å². The van der Waals surface area contributed by atoms with Crippen molar-refractivity contribution >= 4 is 17.2 Å². The first-order chi connectivity index (χ1) is 8.65. The second-order valence-electron chi connectivity index (χ2n) is 5.05. The van der Waals surface area contributed by atoms with Gasteiger partial charge in [-0.2, -0.15) is 0 Å². The van der Waals surface area contributed by atoms with Crippen LogP contribution in [-0.4, -0.2) is 21.6 Å². The minimum atomic E-state index is 0.259. The van der Waals surface area contributed by atoms with Crippen LogP contribution >= 0.6 is 12.2 Å². The number of ether oxygens (including phenoxy) is 1. The zero-order chi connectivity index (χ0) is 13.0. The third-order valence-electron chi connectivity index (χ3n) is 3.39. The van der Waals surface area contributed by atoms with Gasteiger partial charge in [-0.1, -0.05) is 32.0 Å². The van der Waals surface area contributed by atoms with Gasteiger partial charge in [0.05, 0.1) is 19.0 Å². The smallest absolute Gasteiger partial charge is 0.232 e. The molecule has 18 heavy (non-hydrogen) atoms. The molecule has 0 spiro atoms. The highest BCUT2D eigenvalue weighted by Gasteiger charge is 2.19. The van der Waals surface area contributed by atoms with Crippen molar-refractivity contribution in [3.8, 4) is 5.88 Å². The molecule has 1 heterocycles. The molecule has 0 saturated heterocycles. The van der Waals surface area contributed by atoms with E-state index in [-0.39, 0.29) is 4.99 Å². The summed E-state index contributed by atoms with van der Waals surface area (Å²) in [6, 6.07) is 0. The van der Waals surface area contributed by atoms with Crippen molar-refractivity contribution in [3.63, 3.8) is 0 Å². The molecular formula is C13H19N3OS. The number of rotatable bonds is 4. The monoisotopic (exact) mass is 265 g/mol. The van der Waals surface area contributed by atoms with Gasteiger partial charge in [-0.3, -0.25) is 0 Å². The van der Waals surface area contributed by atoms with E-state index in [1.54, 1.807) is 12.4 Å². The fourth-order valence-corrected chi connectivity index (χ4v) is 2.54. The minimum Gasteiger partial charge on any atom is -0.476 e. The third kappa shape index (κ3) is 3.63. The van der Waals surface area contributed by atoms with Gasteiger partial charge < -0.3 is 10.5 Å². The Morgan fingerprint density at radius 1 is 1.44 bits per heavy atom. The molecular weight excluding hydrogens is 246 g/mol. The number of nitrogens with zero attached hydrogens (tertiary/aromatic N) is 2. The summed E-state index contributed by atoms with van der Waals surface area (Å²) in [6.45, 7) is 3.04. The lowest BCUT2D eigenvalue weighted by Gasteiger charge is -2.26. The molecule has 0 aliphatic heterocycles. The molecule has 1 aliphatic rings. The summed E-state index contributed by atoms with van der Waals surface area (Å²) < 4.78 is 5.67. The number of nitrogens with two attached hydrogens (primary N) is 1. The highest BCUT2D eigenvalue weighted by Crippen LogP contribution is 2.28. The van der Waals surface area contributed by atoms with E-state index in [0.717, 1.165) is 12.5 Å². The van der Waals surface area contributed by atoms with Crippen LogP contribution in [0.2, 0.25) is 0 Å². The fourth-order valence-electron chi connectivity index (χ4n) is 2.43. The standard InChI is InChI=1S/C13H19N3OS/c1-9-3-2-4-10(5-9)8-17-12-7-15-11(6-16-12)13(14)18/h6-7,9-10H,2-5,8H2,1H3,(H2,14,18). The third-order valence-corrected chi connectivity index (χ3v) is 3.60. The number of hydrogen-bond donors (Lipinski definition) is 1. The maximum Gasteiger partial charge on any atom is 0.232 e. The summed E-state index contributed by atoms with van der Waals surface area (Å²) >= 11 is 4.82. The van der Waals surface area contributed by atoms with Gasteiger partial charge in [-0.05, 0) is 24.7 Å². The van der Waals surface area contributed by atoms with Crippen LogP contribution in [0.15, 0.2) is 12.4 Å². The molecule has 4 nitrogen and oxygen atoms in total. The predicted octanol–water partition coefficient (Wildman–Crippen LogP) is 2.32. The highest BCUT2D eigenvalue weighted by molar-refractivity contribution is 7.80. The van der Waals surface area contributed by atoms with Crippen LogP contribution < -0.4 is 10.5 Å². The highest BCUT2D eigenvalue weighted by atomic mass is 32.1. The van der Waals surface area contributed by atoms with Gasteiger partial charge in [0.25, 0.3) is 0 Å². The average molecular weight is 265 g/mol. The van der Waals surface area contributed by atoms with E-state index in [4.69, 9.17) is 22.7 Å². The molecule has 0 bridgehead atoms. The zero-order valence-electron chi connectivity index (χ0n) is 10.6. The predicted molar refractivity (Wildman–Crippen MR) is 74.5 cm³/mol. The van der Waals surface area contributed by atoms with Gasteiger partial charge in [-0.15, -0.1) is 0 Å². The first kappa shape index (κ1) is 13.2. The van der Waals surface area contributed by atoms with Crippen LogP contribution in [0.1, 0.15) is 38.3 Å². The van der Waals surface area contributed by atoms with Crippen LogP contribution in [0.5, 0.6) is 5.88 Å². The second kappa shape index (κ2) is 6.09. The molecule has 1 aromatic rings. The fraction of sp³-hybridized carbons (Fsp3) is 0.615. The lowest BCUT2D eigenvalue weighted by atomic mass is 9.83. The van der Waals surface area contributed by atoms with E-state index in [1.807, 2.05) is 0 Å². The molecule has 1 aromatic heterocycles. The largest absolute Gasteiger partial charge is 0.476 e. The summed E-state index contributed by atoms with van der Waals surface area (Å²) in [5, 5.41) is 0. The van der Waals surface area contributed by atoms with Gasteiger partial charge in [0.15, 0.2) is 0 Å². The second-order valence-corrected chi connectivity index (χ2v) is 5.49. The van der Waals surface area contributed by atoms with E-state index in [1.165, 1.54) is 25.7 Å². The van der Waals surface area contributed by atoms with Crippen LogP contribution in [0.25, 0.3) is 0 Å². The van der Waals surface area contributed by atoms with Crippen molar-refractivity contribution in [2.24, 2.45) is 17.6 Å². The topological polar surface area (TPSA) is 61.0 Å². The Morgan fingerprint density at radius 2 is 2.28 bits per heavy atom. The molecule has 2 rings (SSSR count). The summed E-state index contributed by atoms with van der Waals surface area (Å²) in [5.74, 6) is 2.01. The normalized spacial score (nSPS) is 23.6. The van der Waals surface area contributed by atoms with E-state index in [0.29, 0.717) is 17.5 Å². The lowest BCUT2D eigenvalue weighted by molar-refractivity contribution is 0.177. The summed E-state index contributed by atoms with van der Waals surface area (Å²) in [6.07, 6.45) is 8.29. The molecule has 2 unspecified atom stereocenters. The van der Waals surface area contributed by atoms with Gasteiger partial charge in [0.2, 0.25) is 5.88 Å². The van der Waals surface area contributed by atoms with Crippen molar-refractivity contribution < 1.29 is 4.74 Å². The maximum atomic E-state index is 5.67. The Hall–Kier alpha value is -1.23. The molecule has 0 amide bonds. The van der Waals surface area contributed by atoms with Crippen molar-refractivity contribution in [3.05, 3.63) is 18.1 Å². The molecule has 5 heteroatoms. The Kier molecular flexibility index (Phi) is 4.47. The minimum absolute atomic E-state index is 0.259. The van der Waals surface area contributed by atoms with Crippen molar-refractivity contribution in [2.75, 3.05) is 6.61 Å². The van der Waals surface area contributed by atoms with Crippen LogP contribution in [0, 0.1) is 11.8 Å². The first-order valence-electron chi connectivity index (χ1n) is 6.40. The quantitative estimate of drug-likeness (QED) is 0.847. The lowest BCUT2D eigenvalue weighted by Crippen LogP contribution is -2.20. The number of hydrogen-bond acceptors (Lipinski definition) is 4. The zero-order valence-corrected chi connectivity index (χ0v) is 11.4. The Bertz CT molecular complexity index is 407. The maximum absolute atomic E-state index is 5.67. The van der Waals surface area contributed by atoms with Gasteiger partial charge in [0, 0.05) is 0 Å². The molecule has 1 fully saturated rings. The van der Waals surface area contributed by atoms with Crippen molar-refractivity contribution in [1.29, 1.82) is 0 Å². The van der Waals surface area contributed by atoms with E-state index < -0.39 is 0 Å².